The van der Waals surface area contributed by atoms with Crippen LogP contribution >= 0.6 is 22.9 Å². The van der Waals surface area contributed by atoms with Gasteiger partial charge in [0.25, 0.3) is 0 Å². The predicted octanol–water partition coefficient (Wildman–Crippen LogP) is 2.30. The van der Waals surface area contributed by atoms with Crippen molar-refractivity contribution in [2.24, 2.45) is 5.73 Å². The second-order valence-corrected chi connectivity index (χ2v) is 6.47. The molecule has 0 bridgehead atoms. The fourth-order valence-electron chi connectivity index (χ4n) is 1.97. The second-order valence-electron chi connectivity index (χ2n) is 4.67. The molecule has 22 heavy (non-hydrogen) atoms. The lowest BCUT2D eigenvalue weighted by atomic mass is 10.1. The predicted molar refractivity (Wildman–Crippen MR) is 87.8 cm³/mol. The highest BCUT2D eigenvalue weighted by Crippen LogP contribution is 2.21. The third-order valence-electron chi connectivity index (χ3n) is 2.98. The van der Waals surface area contributed by atoms with Gasteiger partial charge in [-0.3, -0.25) is 4.79 Å². The van der Waals surface area contributed by atoms with E-state index < -0.39 is 12.1 Å². The number of carbonyl (C=O) groups excluding carboxylic acids is 2. The summed E-state index contributed by atoms with van der Waals surface area (Å²) in [6.07, 6.45) is 0.376. The smallest absolute Gasteiger partial charge is 0.312 e. The lowest BCUT2D eigenvalue weighted by Gasteiger charge is -2.17. The molecule has 7 heteroatoms. The number of nitrogens with two attached hydrogens (primary N) is 1. The molecule has 1 unspecified atom stereocenters. The van der Waals surface area contributed by atoms with Crippen LogP contribution < -0.4 is 16.4 Å². The van der Waals surface area contributed by atoms with E-state index in [4.69, 9.17) is 17.3 Å². The van der Waals surface area contributed by atoms with Crippen LogP contribution in [-0.2, 0) is 17.8 Å². The molecule has 2 aromatic rings. The van der Waals surface area contributed by atoms with Crippen molar-refractivity contribution in [3.05, 3.63) is 57.2 Å². The summed E-state index contributed by atoms with van der Waals surface area (Å²) in [5, 5.41) is 5.25. The molecule has 0 spiro atoms. The first-order chi connectivity index (χ1) is 10.5. The van der Waals surface area contributed by atoms with Crippen molar-refractivity contribution in [2.45, 2.75) is 19.0 Å². The van der Waals surface area contributed by atoms with Crippen LogP contribution in [0, 0.1) is 0 Å². The first-order valence-electron chi connectivity index (χ1n) is 6.66. The number of nitrogens with one attached hydrogen (secondary N) is 2. The third-order valence-corrected chi connectivity index (χ3v) is 4.21. The molecular weight excluding hydrogens is 322 g/mol. The molecular formula is C15H16ClN3O2S. The van der Waals surface area contributed by atoms with Crippen LogP contribution in [0.5, 0.6) is 0 Å². The molecule has 0 radical (unpaired) electrons. The van der Waals surface area contributed by atoms with Gasteiger partial charge in [-0.25, -0.2) is 4.79 Å². The molecule has 4 N–H and O–H groups in total. The van der Waals surface area contributed by atoms with Crippen LogP contribution in [0.4, 0.5) is 4.79 Å². The number of primary amides is 1. The number of benzene rings is 1. The summed E-state index contributed by atoms with van der Waals surface area (Å²) in [6, 6.07) is 11.6. The van der Waals surface area contributed by atoms with Gasteiger partial charge in [0, 0.05) is 11.3 Å². The summed E-state index contributed by atoms with van der Waals surface area (Å²) >= 11 is 7.24. The van der Waals surface area contributed by atoms with Crippen molar-refractivity contribution in [1.82, 2.24) is 10.6 Å². The van der Waals surface area contributed by atoms with Gasteiger partial charge in [0.2, 0.25) is 5.91 Å². The Bertz CT molecular complexity index is 645. The molecule has 116 valence electrons. The van der Waals surface area contributed by atoms with Crippen molar-refractivity contribution in [1.29, 1.82) is 0 Å². The van der Waals surface area contributed by atoms with E-state index in [1.807, 2.05) is 36.4 Å². The zero-order valence-electron chi connectivity index (χ0n) is 11.7. The minimum atomic E-state index is -0.727. The number of hydrogen-bond acceptors (Lipinski definition) is 3. The number of carbonyl (C=O) groups is 2. The van der Waals surface area contributed by atoms with E-state index in [1.165, 1.54) is 11.3 Å². The maximum Gasteiger partial charge on any atom is 0.312 e. The van der Waals surface area contributed by atoms with Gasteiger partial charge in [-0.1, -0.05) is 41.9 Å². The van der Waals surface area contributed by atoms with E-state index in [9.17, 15) is 9.59 Å². The second kappa shape index (κ2) is 7.82. The highest BCUT2D eigenvalue weighted by atomic mass is 35.5. The van der Waals surface area contributed by atoms with Crippen LogP contribution in [-0.4, -0.2) is 18.0 Å². The summed E-state index contributed by atoms with van der Waals surface area (Å²) in [4.78, 5) is 24.3. The van der Waals surface area contributed by atoms with Crippen LogP contribution in [0.1, 0.15) is 10.4 Å². The minimum absolute atomic E-state index is 0.285. The monoisotopic (exact) mass is 337 g/mol. The van der Waals surface area contributed by atoms with Crippen molar-refractivity contribution >= 4 is 34.9 Å². The van der Waals surface area contributed by atoms with Gasteiger partial charge in [-0.05, 0) is 17.7 Å². The van der Waals surface area contributed by atoms with Gasteiger partial charge in [0.1, 0.15) is 6.04 Å². The van der Waals surface area contributed by atoms with Gasteiger partial charge in [-0.15, -0.1) is 11.3 Å². The Kier molecular flexibility index (Phi) is 5.80. The van der Waals surface area contributed by atoms with E-state index in [-0.39, 0.29) is 5.91 Å². The van der Waals surface area contributed by atoms with E-state index in [0.29, 0.717) is 17.3 Å². The van der Waals surface area contributed by atoms with Crippen molar-refractivity contribution < 1.29 is 9.59 Å². The molecule has 0 fully saturated rings. The lowest BCUT2D eigenvalue weighted by Crippen LogP contribution is -2.49. The SMILES string of the molecule is NC(=O)NC(Cc1ccccc1)C(=O)NCc1ccc(Cl)s1. The molecule has 0 saturated carbocycles. The molecule has 1 heterocycles. The van der Waals surface area contributed by atoms with Crippen LogP contribution in [0.25, 0.3) is 0 Å². The average Bonchev–Trinajstić information content (AvgIpc) is 2.90. The van der Waals surface area contributed by atoms with E-state index >= 15 is 0 Å². The first kappa shape index (κ1) is 16.3. The molecule has 0 aliphatic rings. The number of hydrogen-bond donors (Lipinski definition) is 3. The zero-order valence-corrected chi connectivity index (χ0v) is 13.3. The molecule has 0 saturated heterocycles. The molecule has 1 aromatic carbocycles. The molecule has 2 rings (SSSR count). The quantitative estimate of drug-likeness (QED) is 0.755. The minimum Gasteiger partial charge on any atom is -0.352 e. The largest absolute Gasteiger partial charge is 0.352 e. The number of amides is 3. The Morgan fingerprint density at radius 3 is 2.50 bits per heavy atom. The Labute approximate surface area is 137 Å². The van der Waals surface area contributed by atoms with Crippen LogP contribution in [0.3, 0.4) is 0 Å². The summed E-state index contributed by atoms with van der Waals surface area (Å²) < 4.78 is 0.667. The molecule has 1 atom stereocenters. The van der Waals surface area contributed by atoms with E-state index in [0.717, 1.165) is 10.4 Å². The highest BCUT2D eigenvalue weighted by Gasteiger charge is 2.20. The number of urea groups is 1. The highest BCUT2D eigenvalue weighted by molar-refractivity contribution is 7.16. The van der Waals surface area contributed by atoms with Crippen LogP contribution in [0.15, 0.2) is 42.5 Å². The van der Waals surface area contributed by atoms with Crippen LogP contribution in [0.2, 0.25) is 4.34 Å². The van der Waals surface area contributed by atoms with Gasteiger partial charge >= 0.3 is 6.03 Å². The van der Waals surface area contributed by atoms with Gasteiger partial charge in [-0.2, -0.15) is 0 Å². The molecule has 3 amide bonds. The topological polar surface area (TPSA) is 84.2 Å². The molecule has 1 aromatic heterocycles. The van der Waals surface area contributed by atoms with E-state index in [2.05, 4.69) is 10.6 Å². The Morgan fingerprint density at radius 2 is 1.91 bits per heavy atom. The lowest BCUT2D eigenvalue weighted by molar-refractivity contribution is -0.123. The molecule has 0 aliphatic carbocycles. The van der Waals surface area contributed by atoms with Gasteiger partial charge in [0.15, 0.2) is 0 Å². The summed E-state index contributed by atoms with van der Waals surface area (Å²) in [5.41, 5.74) is 6.09. The number of rotatable bonds is 6. The number of halogens is 1. The van der Waals surface area contributed by atoms with E-state index in [1.54, 1.807) is 6.07 Å². The maximum absolute atomic E-state index is 12.3. The standard InChI is InChI=1S/C15H16ClN3O2S/c16-13-7-6-11(22-13)9-18-14(20)12(19-15(17)21)8-10-4-2-1-3-5-10/h1-7,12H,8-9H2,(H,18,20)(H3,17,19,21). The fourth-order valence-corrected chi connectivity index (χ4v) is 3.00. The van der Waals surface area contributed by atoms with Crippen molar-refractivity contribution in [2.75, 3.05) is 0 Å². The summed E-state index contributed by atoms with van der Waals surface area (Å²) in [7, 11) is 0. The maximum atomic E-state index is 12.3. The number of thiophene rings is 1. The van der Waals surface area contributed by atoms with Crippen molar-refractivity contribution in [3.63, 3.8) is 0 Å². The first-order valence-corrected chi connectivity index (χ1v) is 7.86. The fraction of sp³-hybridized carbons (Fsp3) is 0.200. The molecule has 5 nitrogen and oxygen atoms in total. The summed E-state index contributed by atoms with van der Waals surface area (Å²) in [6.45, 7) is 0.363. The van der Waals surface area contributed by atoms with Crippen molar-refractivity contribution in [3.8, 4) is 0 Å². The summed E-state index contributed by atoms with van der Waals surface area (Å²) in [5.74, 6) is -0.285. The Morgan fingerprint density at radius 1 is 1.18 bits per heavy atom. The average molecular weight is 338 g/mol. The van der Waals surface area contributed by atoms with Gasteiger partial charge < -0.3 is 16.4 Å². The normalized spacial score (nSPS) is 11.7. The molecule has 0 aliphatic heterocycles. The Balaban J connectivity index is 1.97. The van der Waals surface area contributed by atoms with Gasteiger partial charge in [0.05, 0.1) is 10.9 Å². The third kappa shape index (κ3) is 5.05. The Hall–Kier alpha value is -2.05. The zero-order chi connectivity index (χ0) is 15.9.